The Labute approximate surface area is 301 Å². The van der Waals surface area contributed by atoms with Crippen LogP contribution in [0, 0.1) is 16.9 Å². The number of aromatic nitrogens is 2. The van der Waals surface area contributed by atoms with E-state index in [4.69, 9.17) is 9.40 Å². The summed E-state index contributed by atoms with van der Waals surface area (Å²) in [7, 11) is 0. The van der Waals surface area contributed by atoms with Gasteiger partial charge in [0.25, 0.3) is 0 Å². The number of allylic oxidation sites excluding steroid dienone is 2. The maximum absolute atomic E-state index is 12.2. The Morgan fingerprint density at radius 1 is 1.00 bits per heavy atom. The van der Waals surface area contributed by atoms with E-state index in [1.54, 1.807) is 35.7 Å². The van der Waals surface area contributed by atoms with Crippen LogP contribution in [0.4, 0.5) is 0 Å². The van der Waals surface area contributed by atoms with Crippen LogP contribution in [0.2, 0.25) is 0 Å². The molecule has 0 aliphatic rings. The molecule has 0 amide bonds. The number of hydrogen-bond donors (Lipinski definition) is 1. The van der Waals surface area contributed by atoms with E-state index in [1.165, 1.54) is 21.2 Å². The van der Waals surface area contributed by atoms with Crippen LogP contribution < -0.4 is 0 Å². The molecule has 5 nitrogen and oxygen atoms in total. The number of aliphatic hydroxyl groups excluding tert-OH is 1. The predicted octanol–water partition coefficient (Wildman–Crippen LogP) is 12.2. The number of hydrogen-bond acceptors (Lipinski definition) is 7. The molecule has 0 saturated carbocycles. The van der Waals surface area contributed by atoms with E-state index in [1.807, 2.05) is 59.1 Å². The summed E-state index contributed by atoms with van der Waals surface area (Å²) in [4.78, 5) is 23.6. The maximum Gasteiger partial charge on any atom is 0.164 e. The fourth-order valence-corrected chi connectivity index (χ4v) is 7.28. The van der Waals surface area contributed by atoms with Gasteiger partial charge in [-0.3, -0.25) is 9.78 Å². The molecule has 47 heavy (non-hydrogen) atoms. The van der Waals surface area contributed by atoms with Crippen molar-refractivity contribution in [2.75, 3.05) is 0 Å². The van der Waals surface area contributed by atoms with Crippen LogP contribution in [0.25, 0.3) is 42.5 Å². The minimum Gasteiger partial charge on any atom is -0.512 e. The van der Waals surface area contributed by atoms with E-state index in [0.717, 1.165) is 63.5 Å². The maximum atomic E-state index is 12.2. The van der Waals surface area contributed by atoms with Gasteiger partial charge in [0.2, 0.25) is 0 Å². The van der Waals surface area contributed by atoms with Gasteiger partial charge in [-0.2, -0.15) is 11.8 Å². The van der Waals surface area contributed by atoms with E-state index in [-0.39, 0.29) is 47.9 Å². The van der Waals surface area contributed by atoms with E-state index in [0.29, 0.717) is 0 Å². The second-order valence-electron chi connectivity index (χ2n) is 13.4. The SMILES string of the molecule is C=CSc1c[c-]c(-c2ncnc3sc4ccc5occc5c4c23)cc1C(C)(C)C.CCC(C)(CC)C(=O)/C=C(\O)C(C)(CC)CC.[Ir]. The van der Waals surface area contributed by atoms with Crippen LogP contribution in [-0.4, -0.2) is 20.9 Å². The first kappa shape index (κ1) is 38.7. The molecular weight excluding hydrogens is 801 g/mol. The zero-order valence-electron chi connectivity index (χ0n) is 29.0. The van der Waals surface area contributed by atoms with Crippen molar-refractivity contribution in [2.45, 2.75) is 98.3 Å². The molecule has 5 rings (SSSR count). The first-order valence-corrected chi connectivity index (χ1v) is 17.8. The predicted molar refractivity (Wildman–Crippen MR) is 197 cm³/mol. The molecule has 3 aromatic heterocycles. The molecule has 0 spiro atoms. The molecule has 0 fully saturated rings. The van der Waals surface area contributed by atoms with Crippen molar-refractivity contribution < 1.29 is 34.4 Å². The molecule has 0 atom stereocenters. The largest absolute Gasteiger partial charge is 0.512 e. The summed E-state index contributed by atoms with van der Waals surface area (Å²) >= 11 is 3.32. The van der Waals surface area contributed by atoms with Gasteiger partial charge in [0.1, 0.15) is 22.5 Å². The molecule has 0 saturated heterocycles. The van der Waals surface area contributed by atoms with Gasteiger partial charge < -0.3 is 9.52 Å². The zero-order valence-corrected chi connectivity index (χ0v) is 33.1. The second kappa shape index (κ2) is 15.6. The molecule has 0 aliphatic heterocycles. The van der Waals surface area contributed by atoms with Gasteiger partial charge in [-0.05, 0) is 54.7 Å². The Kier molecular flexibility index (Phi) is 12.9. The Bertz CT molecular complexity index is 1890. The Balaban J connectivity index is 0.000000290. The number of thioether (sulfide) groups is 1. The van der Waals surface area contributed by atoms with Crippen molar-refractivity contribution in [3.8, 4) is 11.3 Å². The van der Waals surface area contributed by atoms with Crippen LogP contribution in [0.1, 0.15) is 93.6 Å². The minimum atomic E-state index is -0.337. The Hall–Kier alpha value is -2.77. The fourth-order valence-electron chi connectivity index (χ4n) is 5.42. The van der Waals surface area contributed by atoms with Gasteiger partial charge in [-0.15, -0.1) is 40.7 Å². The summed E-state index contributed by atoms with van der Waals surface area (Å²) < 4.78 is 6.83. The van der Waals surface area contributed by atoms with E-state index in [2.05, 4.69) is 56.6 Å². The molecule has 5 aromatic rings. The van der Waals surface area contributed by atoms with Crippen LogP contribution in [0.15, 0.2) is 76.1 Å². The number of thiophene rings is 1. The monoisotopic (exact) mass is 848 g/mol. The van der Waals surface area contributed by atoms with Crippen molar-refractivity contribution in [2.24, 2.45) is 10.8 Å². The summed E-state index contributed by atoms with van der Waals surface area (Å²) in [5.74, 6) is 0.286. The first-order chi connectivity index (χ1) is 21.8. The molecule has 0 bridgehead atoms. The molecule has 2 aromatic carbocycles. The fraction of sp³-hybridized carbons (Fsp3) is 0.410. The number of benzene rings is 2. The van der Waals surface area contributed by atoms with Crippen LogP contribution in [0.5, 0.6) is 0 Å². The van der Waals surface area contributed by atoms with Crippen molar-refractivity contribution in [1.82, 2.24) is 9.97 Å². The topological polar surface area (TPSA) is 76.2 Å². The number of fused-ring (bicyclic) bond motifs is 5. The number of rotatable bonds is 10. The number of aliphatic hydroxyl groups is 1. The summed E-state index contributed by atoms with van der Waals surface area (Å²) in [5.41, 5.74) is 3.43. The van der Waals surface area contributed by atoms with Gasteiger partial charge in [0.15, 0.2) is 5.78 Å². The van der Waals surface area contributed by atoms with Gasteiger partial charge in [-0.1, -0.05) is 73.8 Å². The number of carbonyl (C=O) groups excluding carboxylic acids is 1. The average molecular weight is 848 g/mol. The summed E-state index contributed by atoms with van der Waals surface area (Å²) in [5, 5.41) is 15.3. The Morgan fingerprint density at radius 2 is 1.66 bits per heavy atom. The van der Waals surface area contributed by atoms with Crippen LogP contribution in [-0.2, 0) is 30.3 Å². The average Bonchev–Trinajstić information content (AvgIpc) is 3.68. The third-order valence-corrected chi connectivity index (χ3v) is 11.5. The molecule has 1 N–H and O–H groups in total. The van der Waals surface area contributed by atoms with Crippen LogP contribution in [0.3, 0.4) is 0 Å². The molecule has 253 valence electrons. The number of ketones is 1. The quantitative estimate of drug-likeness (QED) is 0.0653. The van der Waals surface area contributed by atoms with Crippen molar-refractivity contribution in [3.05, 3.63) is 78.4 Å². The summed E-state index contributed by atoms with van der Waals surface area (Å²) in [6.07, 6.45) is 8.14. The van der Waals surface area contributed by atoms with E-state index in [9.17, 15) is 9.90 Å². The second-order valence-corrected chi connectivity index (χ2v) is 15.4. The van der Waals surface area contributed by atoms with Gasteiger partial charge >= 0.3 is 0 Å². The van der Waals surface area contributed by atoms with Gasteiger partial charge in [0, 0.05) is 63.6 Å². The standard InChI is InChI=1S/C24H19N2OS2.C15H28O2.Ir/c1-5-28-18-8-6-14(12-16(18)24(2,3)4)22-21-20-15-10-11-27-17(15)7-9-19(20)29-23(21)26-13-25-22;1-7-14(5,8-2)12(16)11-13(17)15(6,9-3)10-4;/h5,7-13H,1H2,2-4H3;11,16H,7-10H2,1-6H3;/q-1;;/b;12-11-;. The molecule has 1 radical (unpaired) electrons. The zero-order chi connectivity index (χ0) is 33.9. The molecule has 0 unspecified atom stereocenters. The first-order valence-electron chi connectivity index (χ1n) is 16.1. The van der Waals surface area contributed by atoms with E-state index < -0.39 is 0 Å². The van der Waals surface area contributed by atoms with Crippen LogP contribution >= 0.6 is 23.1 Å². The van der Waals surface area contributed by atoms with Crippen molar-refractivity contribution >= 4 is 60.2 Å². The molecule has 8 heteroatoms. The normalized spacial score (nSPS) is 12.6. The smallest absolute Gasteiger partial charge is 0.164 e. The number of furan rings is 1. The third-order valence-electron chi connectivity index (χ3n) is 9.65. The number of carbonyl (C=O) groups is 1. The minimum absolute atomic E-state index is 0. The van der Waals surface area contributed by atoms with Crippen molar-refractivity contribution in [1.29, 1.82) is 0 Å². The van der Waals surface area contributed by atoms with Gasteiger partial charge in [-0.25, -0.2) is 4.98 Å². The van der Waals surface area contributed by atoms with E-state index >= 15 is 0 Å². The Morgan fingerprint density at radius 3 is 2.26 bits per heavy atom. The summed E-state index contributed by atoms with van der Waals surface area (Å²) in [6.45, 7) is 22.6. The van der Waals surface area contributed by atoms with Gasteiger partial charge in [0.05, 0.1) is 6.26 Å². The molecule has 3 heterocycles. The molecule has 0 aliphatic carbocycles. The van der Waals surface area contributed by atoms with Crippen molar-refractivity contribution in [3.63, 3.8) is 0 Å². The molecular formula is C39H47IrN2O3S2-. The summed E-state index contributed by atoms with van der Waals surface area (Å²) in [6, 6.07) is 13.9. The third kappa shape index (κ3) is 7.94. The number of nitrogens with zero attached hydrogens (tertiary/aromatic N) is 2.